The highest BCUT2D eigenvalue weighted by molar-refractivity contribution is 9.10. The molecule has 168 valence electrons. The number of halogens is 2. The number of hydrogen-bond donors (Lipinski definition) is 1. The molecule has 1 N–H and O–H groups in total. The van der Waals surface area contributed by atoms with Crippen LogP contribution in [-0.4, -0.2) is 27.5 Å². The first-order chi connectivity index (χ1) is 16.4. The van der Waals surface area contributed by atoms with Crippen LogP contribution in [0.25, 0.3) is 0 Å². The Balaban J connectivity index is 1.36. The van der Waals surface area contributed by atoms with Gasteiger partial charge in [-0.15, -0.1) is 0 Å². The number of aromatic nitrogens is 2. The van der Waals surface area contributed by atoms with E-state index in [0.717, 1.165) is 10.5 Å². The van der Waals surface area contributed by atoms with Crippen molar-refractivity contribution in [2.75, 3.05) is 10.2 Å². The highest BCUT2D eigenvalue weighted by Gasteiger charge is 2.36. The average molecular weight is 536 g/mol. The second-order valence-electron chi connectivity index (χ2n) is 7.61. The Kier molecular flexibility index (Phi) is 5.77. The van der Waals surface area contributed by atoms with Crippen molar-refractivity contribution in [3.63, 3.8) is 0 Å². The number of rotatable bonds is 5. The van der Waals surface area contributed by atoms with Crippen molar-refractivity contribution in [1.29, 1.82) is 0 Å². The van der Waals surface area contributed by atoms with E-state index >= 15 is 0 Å². The van der Waals surface area contributed by atoms with E-state index in [1.54, 1.807) is 59.4 Å². The summed E-state index contributed by atoms with van der Waals surface area (Å²) >= 11 is 9.65. The van der Waals surface area contributed by atoms with Crippen LogP contribution in [0.5, 0.6) is 0 Å². The number of anilines is 2. The molecule has 5 rings (SSSR count). The lowest BCUT2D eigenvalue weighted by Crippen LogP contribution is -2.29. The van der Waals surface area contributed by atoms with Crippen molar-refractivity contribution >= 4 is 56.8 Å². The van der Waals surface area contributed by atoms with Crippen molar-refractivity contribution in [2.24, 2.45) is 0 Å². The Labute approximate surface area is 208 Å². The summed E-state index contributed by atoms with van der Waals surface area (Å²) in [6.07, 6.45) is 1.74. The molecule has 0 fully saturated rings. The summed E-state index contributed by atoms with van der Waals surface area (Å²) in [5.74, 6) is -0.927. The molecule has 0 aliphatic carbocycles. The van der Waals surface area contributed by atoms with Gasteiger partial charge >= 0.3 is 0 Å². The predicted octanol–water partition coefficient (Wildman–Crippen LogP) is 5.40. The number of hydrogen-bond acceptors (Lipinski definition) is 4. The molecule has 0 atom stereocenters. The first kappa shape index (κ1) is 22.1. The minimum Gasteiger partial charge on any atom is -0.304 e. The van der Waals surface area contributed by atoms with Gasteiger partial charge in [-0.1, -0.05) is 48.0 Å². The largest absolute Gasteiger partial charge is 0.304 e. The number of benzene rings is 3. The maximum Gasteiger partial charge on any atom is 0.266 e. The maximum atomic E-state index is 12.9. The highest BCUT2D eigenvalue weighted by atomic mass is 79.9. The van der Waals surface area contributed by atoms with Crippen molar-refractivity contribution < 1.29 is 14.4 Å². The average Bonchev–Trinajstić information content (AvgIpc) is 3.31. The summed E-state index contributed by atoms with van der Waals surface area (Å²) in [5.41, 5.74) is 2.18. The third-order valence-electron chi connectivity index (χ3n) is 5.40. The Bertz CT molecular complexity index is 1430. The van der Waals surface area contributed by atoms with Crippen LogP contribution in [-0.2, 0) is 6.54 Å². The molecule has 0 saturated heterocycles. The van der Waals surface area contributed by atoms with Gasteiger partial charge in [0.25, 0.3) is 17.7 Å². The topological polar surface area (TPSA) is 84.3 Å². The normalized spacial score (nSPS) is 12.7. The Morgan fingerprint density at radius 1 is 0.941 bits per heavy atom. The monoisotopic (exact) mass is 534 g/mol. The minimum atomic E-state index is -0.429. The second-order valence-corrected chi connectivity index (χ2v) is 8.87. The summed E-state index contributed by atoms with van der Waals surface area (Å²) in [5, 5.41) is 7.82. The van der Waals surface area contributed by atoms with Crippen LogP contribution in [0.4, 0.5) is 11.5 Å². The van der Waals surface area contributed by atoms with Crippen LogP contribution in [0.15, 0.2) is 83.5 Å². The SMILES string of the molecule is O=C(Nc1nn(Cc2ccccc2Cl)cc1Br)c1cccc(N2C(=O)c3ccccc3C2=O)c1. The molecule has 34 heavy (non-hydrogen) atoms. The van der Waals surface area contributed by atoms with E-state index in [-0.39, 0.29) is 5.56 Å². The van der Waals surface area contributed by atoms with Gasteiger partial charge in [-0.2, -0.15) is 5.10 Å². The molecule has 4 aromatic rings. The molecule has 1 aromatic heterocycles. The maximum absolute atomic E-state index is 12.9. The first-order valence-corrected chi connectivity index (χ1v) is 11.4. The van der Waals surface area contributed by atoms with Gasteiger partial charge < -0.3 is 5.32 Å². The Hall–Kier alpha value is -3.75. The molecular formula is C25H16BrClN4O3. The lowest BCUT2D eigenvalue weighted by atomic mass is 10.1. The van der Waals surface area contributed by atoms with Crippen molar-refractivity contribution in [2.45, 2.75) is 6.54 Å². The van der Waals surface area contributed by atoms with Gasteiger partial charge in [0.15, 0.2) is 5.82 Å². The van der Waals surface area contributed by atoms with Crippen LogP contribution < -0.4 is 10.2 Å². The zero-order chi connectivity index (χ0) is 23.8. The minimum absolute atomic E-state index is 0.279. The van der Waals surface area contributed by atoms with Crippen LogP contribution in [0.3, 0.4) is 0 Å². The van der Waals surface area contributed by atoms with Gasteiger partial charge in [0.05, 0.1) is 27.8 Å². The van der Waals surface area contributed by atoms with E-state index in [0.29, 0.717) is 38.7 Å². The van der Waals surface area contributed by atoms with E-state index in [9.17, 15) is 14.4 Å². The van der Waals surface area contributed by atoms with Crippen LogP contribution >= 0.6 is 27.5 Å². The van der Waals surface area contributed by atoms with Crippen molar-refractivity contribution in [1.82, 2.24) is 9.78 Å². The molecule has 1 aliphatic rings. The molecule has 2 heterocycles. The predicted molar refractivity (Wildman–Crippen MR) is 132 cm³/mol. The number of fused-ring (bicyclic) bond motifs is 1. The van der Waals surface area contributed by atoms with Crippen LogP contribution in [0, 0.1) is 0 Å². The molecule has 0 bridgehead atoms. The van der Waals surface area contributed by atoms with Gasteiger partial charge in [-0.3, -0.25) is 19.1 Å². The lowest BCUT2D eigenvalue weighted by Gasteiger charge is -2.15. The summed E-state index contributed by atoms with van der Waals surface area (Å²) < 4.78 is 2.26. The smallest absolute Gasteiger partial charge is 0.266 e. The molecule has 9 heteroatoms. The van der Waals surface area contributed by atoms with Gasteiger partial charge in [-0.25, -0.2) is 4.90 Å². The molecule has 1 aliphatic heterocycles. The zero-order valence-corrected chi connectivity index (χ0v) is 19.9. The van der Waals surface area contributed by atoms with Crippen molar-refractivity contribution in [3.8, 4) is 0 Å². The van der Waals surface area contributed by atoms with Gasteiger partial charge in [-0.05, 0) is 57.9 Å². The standard InChI is InChI=1S/C25H16BrClN4O3/c26-20-14-30(13-16-6-1-4-11-21(16)27)29-22(20)28-23(32)15-7-5-8-17(12-15)31-24(33)18-9-2-3-10-19(18)25(31)34/h1-12,14H,13H2,(H,28,29,32). The molecule has 3 aromatic carbocycles. The summed E-state index contributed by atoms with van der Waals surface area (Å²) in [6.45, 7) is 0.434. The fraction of sp³-hybridized carbons (Fsp3) is 0.0400. The summed E-state index contributed by atoms with van der Waals surface area (Å²) in [4.78, 5) is 39.6. The quantitative estimate of drug-likeness (QED) is 0.347. The third-order valence-corrected chi connectivity index (χ3v) is 6.35. The second kappa shape index (κ2) is 8.89. The van der Waals surface area contributed by atoms with Crippen LogP contribution in [0.2, 0.25) is 5.02 Å². The van der Waals surface area contributed by atoms with Crippen LogP contribution in [0.1, 0.15) is 36.6 Å². The van der Waals surface area contributed by atoms with Crippen molar-refractivity contribution in [3.05, 3.63) is 111 Å². The van der Waals surface area contributed by atoms with Gasteiger partial charge in [0, 0.05) is 16.8 Å². The molecule has 0 unspecified atom stereocenters. The van der Waals surface area contributed by atoms with E-state index < -0.39 is 17.7 Å². The number of amides is 3. The Morgan fingerprint density at radius 3 is 2.32 bits per heavy atom. The van der Waals surface area contributed by atoms with E-state index in [1.165, 1.54) is 6.07 Å². The fourth-order valence-electron chi connectivity index (χ4n) is 3.75. The first-order valence-electron chi connectivity index (χ1n) is 10.3. The fourth-order valence-corrected chi connectivity index (χ4v) is 4.36. The lowest BCUT2D eigenvalue weighted by molar-refractivity contribution is 0.0924. The summed E-state index contributed by atoms with van der Waals surface area (Å²) in [7, 11) is 0. The molecule has 7 nitrogen and oxygen atoms in total. The molecule has 0 spiro atoms. The number of imide groups is 1. The zero-order valence-electron chi connectivity index (χ0n) is 17.5. The number of carbonyl (C=O) groups excluding carboxylic acids is 3. The Morgan fingerprint density at radius 2 is 1.62 bits per heavy atom. The number of nitrogens with zero attached hydrogens (tertiary/aromatic N) is 3. The number of nitrogens with one attached hydrogen (secondary N) is 1. The van der Waals surface area contributed by atoms with Gasteiger partial charge in [0.1, 0.15) is 0 Å². The van der Waals surface area contributed by atoms with E-state index in [1.807, 2.05) is 18.2 Å². The molecule has 0 saturated carbocycles. The van der Waals surface area contributed by atoms with E-state index in [4.69, 9.17) is 11.6 Å². The number of carbonyl (C=O) groups is 3. The molecule has 0 radical (unpaired) electrons. The summed E-state index contributed by atoms with van der Waals surface area (Å²) in [6, 6.07) is 20.4. The molecular weight excluding hydrogens is 520 g/mol. The third kappa shape index (κ3) is 4.02. The van der Waals surface area contributed by atoms with E-state index in [2.05, 4.69) is 26.3 Å². The highest BCUT2D eigenvalue weighted by Crippen LogP contribution is 2.29. The molecule has 3 amide bonds. The van der Waals surface area contributed by atoms with Gasteiger partial charge in [0.2, 0.25) is 0 Å².